The molecular formula is C20H21N5O3S2. The Morgan fingerprint density at radius 1 is 1.13 bits per heavy atom. The number of hydrogen-bond acceptors (Lipinski definition) is 6. The molecule has 4 aromatic rings. The van der Waals surface area contributed by atoms with E-state index < -0.39 is 10.0 Å². The van der Waals surface area contributed by atoms with E-state index in [0.717, 1.165) is 29.2 Å². The van der Waals surface area contributed by atoms with Crippen LogP contribution in [0, 0.1) is 6.92 Å². The zero-order valence-corrected chi connectivity index (χ0v) is 18.2. The van der Waals surface area contributed by atoms with Crippen molar-refractivity contribution in [1.82, 2.24) is 18.9 Å². The van der Waals surface area contributed by atoms with Crippen LogP contribution in [0.4, 0.5) is 0 Å². The number of fused-ring (bicyclic) bond motifs is 2. The second-order valence-corrected chi connectivity index (χ2v) is 9.55. The van der Waals surface area contributed by atoms with Crippen LogP contribution in [0.15, 0.2) is 57.4 Å². The molecule has 0 saturated carbocycles. The minimum atomic E-state index is -3.80. The molecule has 0 fully saturated rings. The van der Waals surface area contributed by atoms with Crippen molar-refractivity contribution in [1.29, 1.82) is 0 Å². The van der Waals surface area contributed by atoms with Crippen molar-refractivity contribution in [2.24, 2.45) is 5.14 Å². The first-order valence-electron chi connectivity index (χ1n) is 9.41. The second-order valence-electron chi connectivity index (χ2n) is 7.05. The van der Waals surface area contributed by atoms with Crippen molar-refractivity contribution >= 4 is 38.5 Å². The topological polar surface area (TPSA) is 112 Å². The van der Waals surface area contributed by atoms with Gasteiger partial charge in [0.15, 0.2) is 5.16 Å². The summed E-state index contributed by atoms with van der Waals surface area (Å²) < 4.78 is 26.9. The number of hydrogen-bond donors (Lipinski definition) is 1. The molecule has 4 rings (SSSR count). The normalized spacial score (nSPS) is 12.1. The van der Waals surface area contributed by atoms with Crippen molar-refractivity contribution in [3.8, 4) is 0 Å². The Morgan fingerprint density at radius 3 is 2.67 bits per heavy atom. The maximum absolute atomic E-state index is 12.4. The van der Waals surface area contributed by atoms with Gasteiger partial charge in [0.25, 0.3) is 5.56 Å². The first kappa shape index (κ1) is 20.6. The van der Waals surface area contributed by atoms with E-state index in [4.69, 9.17) is 5.14 Å². The van der Waals surface area contributed by atoms with Gasteiger partial charge in [0.1, 0.15) is 5.65 Å². The molecule has 3 aromatic heterocycles. The Balaban J connectivity index is 1.70. The summed E-state index contributed by atoms with van der Waals surface area (Å²) in [6.07, 6.45) is 2.62. The maximum Gasteiger partial charge on any atom is 0.258 e. The SMILES string of the molecule is CCCn1c(SCc2cc(=O)n3ccc(C)cc3n2)nc2cc(S(N)(=O)=O)ccc21. The number of nitrogens with zero attached hydrogens (tertiary/aromatic N) is 4. The molecule has 0 unspecified atom stereocenters. The molecule has 0 aliphatic heterocycles. The predicted molar refractivity (Wildman–Crippen MR) is 117 cm³/mol. The van der Waals surface area contributed by atoms with E-state index >= 15 is 0 Å². The Hall–Kier alpha value is -2.69. The average molecular weight is 444 g/mol. The Labute approximate surface area is 177 Å². The molecule has 30 heavy (non-hydrogen) atoms. The van der Waals surface area contributed by atoms with E-state index in [1.807, 2.05) is 23.6 Å². The van der Waals surface area contributed by atoms with Gasteiger partial charge in [-0.2, -0.15) is 0 Å². The summed E-state index contributed by atoms with van der Waals surface area (Å²) in [6.45, 7) is 4.75. The second kappa shape index (κ2) is 7.86. The number of primary sulfonamides is 1. The highest BCUT2D eigenvalue weighted by molar-refractivity contribution is 7.98. The summed E-state index contributed by atoms with van der Waals surface area (Å²) >= 11 is 1.46. The number of rotatable bonds is 6. The summed E-state index contributed by atoms with van der Waals surface area (Å²) in [4.78, 5) is 21.6. The fourth-order valence-electron chi connectivity index (χ4n) is 3.28. The van der Waals surface area contributed by atoms with Gasteiger partial charge in [-0.3, -0.25) is 9.20 Å². The van der Waals surface area contributed by atoms with Gasteiger partial charge < -0.3 is 4.57 Å². The van der Waals surface area contributed by atoms with Gasteiger partial charge in [-0.25, -0.2) is 23.5 Å². The number of aromatic nitrogens is 4. The van der Waals surface area contributed by atoms with E-state index in [-0.39, 0.29) is 10.5 Å². The fourth-order valence-corrected chi connectivity index (χ4v) is 4.75. The molecule has 3 heterocycles. The molecule has 2 N–H and O–H groups in total. The predicted octanol–water partition coefficient (Wildman–Crippen LogP) is 2.70. The smallest absolute Gasteiger partial charge is 0.258 e. The van der Waals surface area contributed by atoms with Gasteiger partial charge in [0, 0.05) is 24.6 Å². The minimum absolute atomic E-state index is 0.0345. The van der Waals surface area contributed by atoms with E-state index in [1.54, 1.807) is 12.3 Å². The van der Waals surface area contributed by atoms with Crippen LogP contribution in [0.5, 0.6) is 0 Å². The highest BCUT2D eigenvalue weighted by Gasteiger charge is 2.15. The summed E-state index contributed by atoms with van der Waals surface area (Å²) in [5.41, 5.74) is 3.58. The van der Waals surface area contributed by atoms with E-state index in [9.17, 15) is 13.2 Å². The van der Waals surface area contributed by atoms with Crippen LogP contribution >= 0.6 is 11.8 Å². The molecule has 0 bridgehead atoms. The first-order valence-corrected chi connectivity index (χ1v) is 11.9. The highest BCUT2D eigenvalue weighted by Crippen LogP contribution is 2.28. The first-order chi connectivity index (χ1) is 14.3. The number of pyridine rings is 1. The van der Waals surface area contributed by atoms with Crippen molar-refractivity contribution in [3.05, 3.63) is 64.2 Å². The minimum Gasteiger partial charge on any atom is -0.319 e. The molecule has 0 amide bonds. The zero-order chi connectivity index (χ0) is 21.5. The molecule has 0 spiro atoms. The molecule has 0 atom stereocenters. The molecular weight excluding hydrogens is 422 g/mol. The van der Waals surface area contributed by atoms with Gasteiger partial charge >= 0.3 is 0 Å². The highest BCUT2D eigenvalue weighted by atomic mass is 32.2. The number of aryl methyl sites for hydroxylation is 2. The van der Waals surface area contributed by atoms with Gasteiger partial charge in [0.2, 0.25) is 10.0 Å². The lowest BCUT2D eigenvalue weighted by molar-refractivity contribution is 0.598. The van der Waals surface area contributed by atoms with Crippen LogP contribution in [-0.4, -0.2) is 27.4 Å². The van der Waals surface area contributed by atoms with Crippen LogP contribution < -0.4 is 10.7 Å². The lowest BCUT2D eigenvalue weighted by Gasteiger charge is -2.08. The molecule has 0 aliphatic carbocycles. The average Bonchev–Trinajstić information content (AvgIpc) is 3.02. The third-order valence-electron chi connectivity index (χ3n) is 4.69. The molecule has 1 aromatic carbocycles. The Bertz CT molecular complexity index is 1420. The van der Waals surface area contributed by atoms with Crippen LogP contribution in [0.3, 0.4) is 0 Å². The molecule has 156 valence electrons. The third-order valence-corrected chi connectivity index (χ3v) is 6.61. The summed E-state index contributed by atoms with van der Waals surface area (Å²) in [6, 6.07) is 9.98. The summed E-state index contributed by atoms with van der Waals surface area (Å²) in [7, 11) is -3.80. The number of thioether (sulfide) groups is 1. The van der Waals surface area contributed by atoms with Crippen LogP contribution in [0.2, 0.25) is 0 Å². The lowest BCUT2D eigenvalue weighted by atomic mass is 10.3. The molecule has 0 aliphatic rings. The molecule has 0 saturated heterocycles. The summed E-state index contributed by atoms with van der Waals surface area (Å²) in [5.74, 6) is 0.467. The van der Waals surface area contributed by atoms with Crippen molar-refractivity contribution < 1.29 is 8.42 Å². The van der Waals surface area contributed by atoms with E-state index in [1.165, 1.54) is 34.4 Å². The van der Waals surface area contributed by atoms with Crippen molar-refractivity contribution in [3.63, 3.8) is 0 Å². The van der Waals surface area contributed by atoms with Crippen LogP contribution in [-0.2, 0) is 22.3 Å². The van der Waals surface area contributed by atoms with Gasteiger partial charge in [0.05, 0.1) is 21.6 Å². The number of nitrogens with two attached hydrogens (primary N) is 1. The van der Waals surface area contributed by atoms with Gasteiger partial charge in [-0.15, -0.1) is 0 Å². The quantitative estimate of drug-likeness (QED) is 0.459. The number of imidazole rings is 1. The number of sulfonamides is 1. The van der Waals surface area contributed by atoms with Crippen molar-refractivity contribution in [2.75, 3.05) is 0 Å². The monoisotopic (exact) mass is 443 g/mol. The molecule has 8 nitrogen and oxygen atoms in total. The van der Waals surface area contributed by atoms with Gasteiger partial charge in [-0.05, 0) is 49.2 Å². The third kappa shape index (κ3) is 3.98. The largest absolute Gasteiger partial charge is 0.319 e. The van der Waals surface area contributed by atoms with Crippen LogP contribution in [0.1, 0.15) is 24.6 Å². The maximum atomic E-state index is 12.4. The fraction of sp³-hybridized carbons (Fsp3) is 0.250. The Morgan fingerprint density at radius 2 is 1.93 bits per heavy atom. The number of benzene rings is 1. The lowest BCUT2D eigenvalue weighted by Crippen LogP contribution is -2.15. The van der Waals surface area contributed by atoms with Gasteiger partial charge in [-0.1, -0.05) is 18.7 Å². The van der Waals surface area contributed by atoms with E-state index in [2.05, 4.69) is 16.9 Å². The summed E-state index contributed by atoms with van der Waals surface area (Å²) in [5, 5.41) is 5.99. The van der Waals surface area contributed by atoms with Crippen LogP contribution in [0.25, 0.3) is 16.7 Å². The van der Waals surface area contributed by atoms with E-state index in [0.29, 0.717) is 22.6 Å². The standard InChI is InChI=1S/C20H21N5O3S2/c1-3-7-24-17-5-4-15(30(21,27)28)11-16(17)23-20(24)29-12-14-10-19(26)25-8-6-13(2)9-18(25)22-14/h4-6,8-11H,3,7,12H2,1-2H3,(H2,21,27,28). The molecule has 10 heteroatoms. The molecule has 0 radical (unpaired) electrons. The zero-order valence-electron chi connectivity index (χ0n) is 16.6. The van der Waals surface area contributed by atoms with Crippen molar-refractivity contribution in [2.45, 2.75) is 42.6 Å². The Kier molecular flexibility index (Phi) is 5.39.